The van der Waals surface area contributed by atoms with Crippen LogP contribution in [0, 0.1) is 35.5 Å². The van der Waals surface area contributed by atoms with Gasteiger partial charge in [0.15, 0.2) is 0 Å². The average molecular weight is 378 g/mol. The summed E-state index contributed by atoms with van der Waals surface area (Å²) in [6, 6.07) is 0.657. The largest absolute Gasteiger partial charge is 0.317 e. The highest BCUT2D eigenvalue weighted by Gasteiger charge is 2.59. The van der Waals surface area contributed by atoms with Crippen LogP contribution in [-0.4, -0.2) is 24.4 Å². The second-order valence-corrected chi connectivity index (χ2v) is 16.5. The maximum Gasteiger partial charge on any atom is 0.126 e. The van der Waals surface area contributed by atoms with Crippen LogP contribution in [0.25, 0.3) is 0 Å². The molecule has 0 saturated heterocycles. The summed E-state index contributed by atoms with van der Waals surface area (Å²) < 4.78 is 2.99. The minimum atomic E-state index is -1.53. The molecule has 0 aliphatic heterocycles. The first-order valence-corrected chi connectivity index (χ1v) is 14.8. The topological polar surface area (TPSA) is 3.24 Å². The van der Waals surface area contributed by atoms with Crippen LogP contribution < -0.4 is 0 Å². The fraction of sp³-hybridized carbons (Fsp3) is 1.00. The summed E-state index contributed by atoms with van der Waals surface area (Å²) >= 11 is 0. The smallest absolute Gasteiger partial charge is 0.126 e. The summed E-state index contributed by atoms with van der Waals surface area (Å²) in [6.45, 7) is 23.0. The fourth-order valence-electron chi connectivity index (χ4n) is 8.92. The van der Waals surface area contributed by atoms with E-state index in [2.05, 4.69) is 66.1 Å². The Morgan fingerprint density at radius 2 is 1.46 bits per heavy atom. The molecule has 1 nitrogen and oxygen atoms in total. The second-order valence-electron chi connectivity index (χ2n) is 12.1. The number of fused-ring (bicyclic) bond motifs is 3. The Labute approximate surface area is 165 Å². The van der Waals surface area contributed by atoms with E-state index in [0.717, 1.165) is 41.0 Å². The summed E-state index contributed by atoms with van der Waals surface area (Å²) in [7, 11) is -1.53. The van der Waals surface area contributed by atoms with Gasteiger partial charge in [-0.15, -0.1) is 0 Å². The molecule has 26 heavy (non-hydrogen) atoms. The van der Waals surface area contributed by atoms with Gasteiger partial charge >= 0.3 is 0 Å². The number of nitrogens with zero attached hydrogens (tertiary/aromatic N) is 1. The van der Waals surface area contributed by atoms with Crippen molar-refractivity contribution in [3.8, 4) is 0 Å². The molecule has 0 bridgehead atoms. The van der Waals surface area contributed by atoms with Crippen molar-refractivity contribution in [2.75, 3.05) is 0 Å². The van der Waals surface area contributed by atoms with E-state index in [0.29, 0.717) is 6.04 Å². The lowest BCUT2D eigenvalue weighted by Gasteiger charge is -2.55. The van der Waals surface area contributed by atoms with Crippen molar-refractivity contribution in [1.82, 2.24) is 4.57 Å². The number of rotatable bonds is 3. The molecule has 0 heterocycles. The first kappa shape index (κ1) is 20.9. The highest BCUT2D eigenvalue weighted by Crippen LogP contribution is 2.63. The zero-order valence-electron chi connectivity index (χ0n) is 19.3. The Balaban J connectivity index is 1.94. The zero-order chi connectivity index (χ0) is 19.4. The van der Waals surface area contributed by atoms with Crippen LogP contribution >= 0.6 is 0 Å². The van der Waals surface area contributed by atoms with Gasteiger partial charge < -0.3 is 4.57 Å². The Kier molecular flexibility index (Phi) is 5.80. The van der Waals surface area contributed by atoms with Gasteiger partial charge in [-0.05, 0) is 87.1 Å². The standard InChI is InChI=1S/C24H47NSi/c1-16(2)25(24(5,6)7)26(8,9)23-18(4)17(3)22-20-13-11-10-12-19(20)14-15-21(22)23/h16-23H,10-15H2,1-9H3. The van der Waals surface area contributed by atoms with Gasteiger partial charge in [0.25, 0.3) is 0 Å². The van der Waals surface area contributed by atoms with Crippen LogP contribution in [0.15, 0.2) is 0 Å². The van der Waals surface area contributed by atoms with Gasteiger partial charge in [0.2, 0.25) is 0 Å². The third-order valence-corrected chi connectivity index (χ3v) is 14.0. The molecule has 0 aromatic rings. The van der Waals surface area contributed by atoms with Crippen LogP contribution in [0.5, 0.6) is 0 Å². The Morgan fingerprint density at radius 1 is 0.846 bits per heavy atom. The minimum Gasteiger partial charge on any atom is -0.317 e. The summed E-state index contributed by atoms with van der Waals surface area (Å²) in [5.74, 6) is 6.05. The normalized spacial score (nSPS) is 41.4. The van der Waals surface area contributed by atoms with Crippen molar-refractivity contribution >= 4 is 8.24 Å². The molecular formula is C24H47NSi. The van der Waals surface area contributed by atoms with E-state index < -0.39 is 8.24 Å². The molecule has 2 heteroatoms. The maximum absolute atomic E-state index is 2.99. The van der Waals surface area contributed by atoms with Crippen molar-refractivity contribution in [2.24, 2.45) is 35.5 Å². The van der Waals surface area contributed by atoms with Crippen molar-refractivity contribution in [2.45, 2.75) is 117 Å². The van der Waals surface area contributed by atoms with E-state index >= 15 is 0 Å². The summed E-state index contributed by atoms with van der Waals surface area (Å²) in [4.78, 5) is 0. The van der Waals surface area contributed by atoms with E-state index in [-0.39, 0.29) is 5.54 Å². The van der Waals surface area contributed by atoms with Crippen molar-refractivity contribution in [1.29, 1.82) is 0 Å². The molecule has 0 aromatic heterocycles. The third kappa shape index (κ3) is 3.36. The SMILES string of the molecule is CC1C(C)C([Si](C)(C)N(C(C)C)C(C)(C)C)C2CCC3CCCCC3C12. The molecule has 0 spiro atoms. The maximum atomic E-state index is 2.99. The van der Waals surface area contributed by atoms with Gasteiger partial charge in [0.1, 0.15) is 8.24 Å². The average Bonchev–Trinajstić information content (AvgIpc) is 2.77. The molecule has 7 atom stereocenters. The molecule has 3 saturated carbocycles. The second kappa shape index (κ2) is 7.21. The molecule has 3 aliphatic rings. The molecule has 0 N–H and O–H groups in total. The lowest BCUT2D eigenvalue weighted by molar-refractivity contribution is 0.0492. The molecule has 3 fully saturated rings. The molecule has 0 amide bonds. The molecule has 3 aliphatic carbocycles. The molecule has 152 valence electrons. The Hall–Kier alpha value is 0.177. The lowest BCUT2D eigenvalue weighted by atomic mass is 9.61. The fourth-order valence-corrected chi connectivity index (χ4v) is 15.3. The summed E-state index contributed by atoms with van der Waals surface area (Å²) in [5, 5.41) is 0. The Bertz CT molecular complexity index is 491. The molecule has 7 unspecified atom stereocenters. The van der Waals surface area contributed by atoms with Crippen molar-refractivity contribution < 1.29 is 0 Å². The van der Waals surface area contributed by atoms with Gasteiger partial charge in [0, 0.05) is 5.54 Å². The number of hydrogen-bond donors (Lipinski definition) is 0. The molecule has 0 aromatic carbocycles. The Morgan fingerprint density at radius 3 is 2.04 bits per heavy atom. The third-order valence-electron chi connectivity index (χ3n) is 8.97. The highest BCUT2D eigenvalue weighted by atomic mass is 28.3. The van der Waals surface area contributed by atoms with E-state index in [1.807, 2.05) is 0 Å². The summed E-state index contributed by atoms with van der Waals surface area (Å²) in [5.41, 5.74) is 1.26. The molecule has 0 radical (unpaired) electrons. The van der Waals surface area contributed by atoms with E-state index in [1.165, 1.54) is 19.3 Å². The van der Waals surface area contributed by atoms with Crippen LogP contribution in [0.2, 0.25) is 18.6 Å². The first-order valence-electron chi connectivity index (χ1n) is 11.8. The van der Waals surface area contributed by atoms with E-state index in [9.17, 15) is 0 Å². The predicted molar refractivity (Wildman–Crippen MR) is 118 cm³/mol. The van der Waals surface area contributed by atoms with Gasteiger partial charge in [0.05, 0.1) is 0 Å². The van der Waals surface area contributed by atoms with E-state index in [1.54, 1.807) is 19.3 Å². The van der Waals surface area contributed by atoms with Gasteiger partial charge in [-0.25, -0.2) is 0 Å². The zero-order valence-corrected chi connectivity index (χ0v) is 20.3. The predicted octanol–water partition coefficient (Wildman–Crippen LogP) is 7.19. The molecular weight excluding hydrogens is 330 g/mol. The van der Waals surface area contributed by atoms with Crippen LogP contribution in [0.4, 0.5) is 0 Å². The molecule has 3 rings (SSSR count). The highest BCUT2D eigenvalue weighted by molar-refractivity contribution is 6.76. The lowest BCUT2D eigenvalue weighted by Crippen LogP contribution is -2.64. The van der Waals surface area contributed by atoms with Crippen LogP contribution in [0.1, 0.15) is 87.0 Å². The van der Waals surface area contributed by atoms with Crippen molar-refractivity contribution in [3.05, 3.63) is 0 Å². The van der Waals surface area contributed by atoms with Crippen LogP contribution in [0.3, 0.4) is 0 Å². The minimum absolute atomic E-state index is 0.285. The van der Waals surface area contributed by atoms with Crippen LogP contribution in [-0.2, 0) is 0 Å². The monoisotopic (exact) mass is 377 g/mol. The first-order chi connectivity index (χ1) is 12.0. The number of hydrogen-bond acceptors (Lipinski definition) is 1. The van der Waals surface area contributed by atoms with Gasteiger partial charge in [-0.2, -0.15) is 0 Å². The van der Waals surface area contributed by atoms with Gasteiger partial charge in [-0.1, -0.05) is 60.1 Å². The van der Waals surface area contributed by atoms with Gasteiger partial charge in [-0.3, -0.25) is 0 Å². The van der Waals surface area contributed by atoms with Crippen molar-refractivity contribution in [3.63, 3.8) is 0 Å². The summed E-state index contributed by atoms with van der Waals surface area (Å²) in [6.07, 6.45) is 9.20. The van der Waals surface area contributed by atoms with E-state index in [4.69, 9.17) is 0 Å². The quantitative estimate of drug-likeness (QED) is 0.470.